The van der Waals surface area contributed by atoms with Gasteiger partial charge < -0.3 is 9.79 Å². The molecule has 0 N–H and O–H groups in total. The fourth-order valence-electron chi connectivity index (χ4n) is 6.28. The molecule has 0 radical (unpaired) electrons. The quantitative estimate of drug-likeness (QED) is 0.0423. The third-order valence-corrected chi connectivity index (χ3v) is 11.8. The van der Waals surface area contributed by atoms with Gasteiger partial charge in [0.2, 0.25) is 0 Å². The first-order valence-corrected chi connectivity index (χ1v) is 22.9. The second-order valence-electron chi connectivity index (χ2n) is 13.1. The van der Waals surface area contributed by atoms with E-state index < -0.39 is 5.69 Å². The molecule has 0 bridgehead atoms. The maximum atomic E-state index is 12.1. The van der Waals surface area contributed by atoms with Gasteiger partial charge in [0.05, 0.1) is 0 Å². The van der Waals surface area contributed by atoms with E-state index in [0.717, 1.165) is 42.0 Å². The Hall–Kier alpha value is 0.763. The van der Waals surface area contributed by atoms with Crippen LogP contribution >= 0.6 is 17.1 Å². The van der Waals surface area contributed by atoms with Crippen LogP contribution in [0.1, 0.15) is 205 Å². The van der Waals surface area contributed by atoms with Crippen molar-refractivity contribution in [3.63, 3.8) is 0 Å². The third-order valence-electron chi connectivity index (χ3n) is 8.98. The number of rotatable bonds is 32. The second-order valence-corrected chi connectivity index (χ2v) is 18.7. The molecule has 0 saturated carbocycles. The van der Waals surface area contributed by atoms with E-state index in [1.165, 1.54) is 178 Å². The molecule has 0 unspecified atom stereocenters. The molecule has 0 atom stereocenters. The van der Waals surface area contributed by atoms with E-state index >= 15 is 0 Å². The van der Waals surface area contributed by atoms with E-state index in [9.17, 15) is 9.79 Å². The van der Waals surface area contributed by atoms with Gasteiger partial charge in [-0.15, -0.1) is 23.2 Å². The van der Waals surface area contributed by atoms with Crippen molar-refractivity contribution in [2.24, 2.45) is 0 Å². The van der Waals surface area contributed by atoms with Gasteiger partial charge in [0.15, 0.2) is 0 Å². The van der Waals surface area contributed by atoms with Crippen molar-refractivity contribution in [3.05, 3.63) is 29.3 Å². The van der Waals surface area contributed by atoms with Crippen LogP contribution in [0.4, 0.5) is 0 Å². The van der Waals surface area contributed by atoms with Crippen molar-refractivity contribution in [2.45, 2.75) is 211 Å². The van der Waals surface area contributed by atoms with Gasteiger partial charge in [-0.1, -0.05) is 199 Å². The van der Waals surface area contributed by atoms with Crippen LogP contribution in [-0.2, 0) is 44.1 Å². The Morgan fingerprint density at radius 2 is 0.727 bits per heavy atom. The topological polar surface area (TPSA) is 46.1 Å². The van der Waals surface area contributed by atoms with Gasteiger partial charge in [-0.3, -0.25) is 0 Å². The molecule has 0 aromatic heterocycles. The molecule has 0 aliphatic heterocycles. The molecular formula is C38H69O2PS2Zn. The van der Waals surface area contributed by atoms with Gasteiger partial charge in [-0.05, 0) is 36.8 Å². The van der Waals surface area contributed by atoms with E-state index in [2.05, 4.69) is 32.0 Å². The summed E-state index contributed by atoms with van der Waals surface area (Å²) in [5.74, 6) is 0. The number of unbranched alkanes of at least 4 members (excludes halogenated alkanes) is 26. The Bertz CT molecular complexity index is 751. The number of hydrogen-bond acceptors (Lipinski definition) is 4. The summed E-state index contributed by atoms with van der Waals surface area (Å²) in [6.45, 7) is 4.57. The van der Waals surface area contributed by atoms with Crippen molar-refractivity contribution in [1.82, 2.24) is 0 Å². The smallest absolute Gasteiger partial charge is 0.824 e. The Morgan fingerprint density at radius 1 is 0.477 bits per heavy atom. The zero-order chi connectivity index (χ0) is 31.3. The minimum atomic E-state index is -3.84. The minimum Gasteiger partial charge on any atom is -0.824 e. The summed E-state index contributed by atoms with van der Waals surface area (Å²) < 4.78 is 0. The zero-order valence-electron chi connectivity index (χ0n) is 29.2. The molecule has 252 valence electrons. The molecule has 0 spiro atoms. The summed E-state index contributed by atoms with van der Waals surface area (Å²) >= 11 is 5.78. The first kappa shape index (κ1) is 44.8. The largest absolute Gasteiger partial charge is 2.00 e. The molecule has 1 rings (SSSR count). The van der Waals surface area contributed by atoms with Crippen LogP contribution in [0.5, 0.6) is 0 Å². The SMILES string of the molecule is CCCCCCCCCCCCCCCCc1cccc(CCCCCCCCCCCCCCCC)c1SP([O-])([O-])=S.[Zn+2]. The molecule has 2 nitrogen and oxygen atoms in total. The molecule has 1 aromatic carbocycles. The molecule has 6 heteroatoms. The van der Waals surface area contributed by atoms with E-state index in [0.29, 0.717) is 0 Å². The minimum absolute atomic E-state index is 0. The van der Waals surface area contributed by atoms with Crippen LogP contribution in [0.3, 0.4) is 0 Å². The first-order chi connectivity index (χ1) is 21.0. The average Bonchev–Trinajstić information content (AvgIpc) is 2.98. The molecular weight excluding hydrogens is 649 g/mol. The van der Waals surface area contributed by atoms with E-state index in [1.807, 2.05) is 0 Å². The summed E-state index contributed by atoms with van der Waals surface area (Å²) in [5.41, 5.74) is -1.46. The standard InChI is InChI=1S/C38H71O2PS2.Zn/c1-3-5-7-9-11-13-15-17-19-21-23-25-27-29-32-36-34-31-35-37(38(36)43-41(39,40)42)33-30-28-26-24-22-20-18-16-14-12-10-8-6-4-2;/h31,34-35H,3-30,32-33H2,1-2H3,(H2,39,40,42);/q;+2/p-2. The van der Waals surface area contributed by atoms with Gasteiger partial charge in [-0.25, -0.2) is 0 Å². The molecule has 0 saturated heterocycles. The summed E-state index contributed by atoms with van der Waals surface area (Å²) in [7, 11) is 0. The Balaban J connectivity index is 0.0000185. The number of hydrogen-bond donors (Lipinski definition) is 0. The summed E-state index contributed by atoms with van der Waals surface area (Å²) in [6.07, 6.45) is 39.9. The zero-order valence-corrected chi connectivity index (χ0v) is 34.7. The van der Waals surface area contributed by atoms with E-state index in [4.69, 9.17) is 11.8 Å². The predicted molar refractivity (Wildman–Crippen MR) is 195 cm³/mol. The van der Waals surface area contributed by atoms with Crippen LogP contribution in [0.15, 0.2) is 23.1 Å². The molecule has 1 aromatic rings. The Morgan fingerprint density at radius 3 is 0.977 bits per heavy atom. The van der Waals surface area contributed by atoms with Gasteiger partial charge in [0.1, 0.15) is 0 Å². The van der Waals surface area contributed by atoms with Gasteiger partial charge in [0.25, 0.3) is 0 Å². The summed E-state index contributed by atoms with van der Waals surface area (Å²) in [5, 5.41) is 0. The maximum absolute atomic E-state index is 12.1. The average molecular weight is 718 g/mol. The predicted octanol–water partition coefficient (Wildman–Crippen LogP) is 12.8. The van der Waals surface area contributed by atoms with E-state index in [-0.39, 0.29) is 19.5 Å². The van der Waals surface area contributed by atoms with Crippen LogP contribution in [0.25, 0.3) is 0 Å². The normalized spacial score (nSPS) is 11.6. The van der Waals surface area contributed by atoms with Crippen LogP contribution in [0, 0.1) is 0 Å². The van der Waals surface area contributed by atoms with Crippen molar-refractivity contribution >= 4 is 28.9 Å². The Kier molecular flexibility index (Phi) is 32.9. The van der Waals surface area contributed by atoms with Gasteiger partial charge in [-0.2, -0.15) is 5.69 Å². The van der Waals surface area contributed by atoms with Gasteiger partial charge in [0, 0.05) is 4.90 Å². The van der Waals surface area contributed by atoms with Crippen LogP contribution in [-0.4, -0.2) is 0 Å². The number of benzene rings is 1. The van der Waals surface area contributed by atoms with Crippen LogP contribution < -0.4 is 9.79 Å². The van der Waals surface area contributed by atoms with Gasteiger partial charge >= 0.3 is 19.5 Å². The van der Waals surface area contributed by atoms with E-state index in [1.54, 1.807) is 0 Å². The Labute approximate surface area is 297 Å². The van der Waals surface area contributed by atoms with Crippen molar-refractivity contribution in [1.29, 1.82) is 0 Å². The first-order valence-electron chi connectivity index (χ1n) is 18.8. The fraction of sp³-hybridized carbons (Fsp3) is 0.842. The molecule has 44 heavy (non-hydrogen) atoms. The maximum Gasteiger partial charge on any atom is 2.00 e. The van der Waals surface area contributed by atoms with Crippen molar-refractivity contribution in [2.75, 3.05) is 0 Å². The fourth-order valence-corrected chi connectivity index (χ4v) is 9.12. The second kappa shape index (κ2) is 32.3. The molecule has 0 fully saturated rings. The van der Waals surface area contributed by atoms with Crippen molar-refractivity contribution < 1.29 is 29.3 Å². The summed E-state index contributed by atoms with van der Waals surface area (Å²) in [4.78, 5) is 25.2. The van der Waals surface area contributed by atoms with Crippen molar-refractivity contribution in [3.8, 4) is 0 Å². The summed E-state index contributed by atoms with van der Waals surface area (Å²) in [6, 6.07) is 6.38. The third kappa shape index (κ3) is 27.8. The number of aryl methyl sites for hydroxylation is 2. The van der Waals surface area contributed by atoms with Crippen LogP contribution in [0.2, 0.25) is 0 Å². The molecule has 0 aliphatic carbocycles. The molecule has 0 heterocycles. The molecule has 0 aliphatic rings. The molecule has 0 amide bonds. The monoisotopic (exact) mass is 716 g/mol.